The minimum atomic E-state index is -0.271. The van der Waals surface area contributed by atoms with Crippen LogP contribution in [0.3, 0.4) is 0 Å². The third-order valence-corrected chi connectivity index (χ3v) is 2.98. The second kappa shape index (κ2) is 4.19. The van der Waals surface area contributed by atoms with E-state index in [9.17, 15) is 9.50 Å². The SMILES string of the molecule is Cc1cc(F)cc([C@H]2CCCCN2)c1O. The number of aromatic hydroxyl groups is 1. The molecule has 1 aromatic carbocycles. The average Bonchev–Trinajstić information content (AvgIpc) is 2.24. The van der Waals surface area contributed by atoms with E-state index in [1.165, 1.54) is 12.1 Å². The van der Waals surface area contributed by atoms with Crippen LogP contribution in [0.25, 0.3) is 0 Å². The molecule has 0 spiro atoms. The summed E-state index contributed by atoms with van der Waals surface area (Å²) in [4.78, 5) is 0. The molecular formula is C12H16FNO. The maximum absolute atomic E-state index is 13.2. The summed E-state index contributed by atoms with van der Waals surface area (Å²) < 4.78 is 13.2. The van der Waals surface area contributed by atoms with Crippen molar-refractivity contribution in [3.63, 3.8) is 0 Å². The van der Waals surface area contributed by atoms with Gasteiger partial charge in [-0.2, -0.15) is 0 Å². The smallest absolute Gasteiger partial charge is 0.124 e. The third-order valence-electron chi connectivity index (χ3n) is 2.98. The molecule has 0 amide bonds. The Labute approximate surface area is 89.1 Å². The molecule has 0 aliphatic carbocycles. The molecule has 2 N–H and O–H groups in total. The van der Waals surface area contributed by atoms with Crippen LogP contribution in [0, 0.1) is 12.7 Å². The Morgan fingerprint density at radius 3 is 2.87 bits per heavy atom. The minimum absolute atomic E-state index is 0.105. The van der Waals surface area contributed by atoms with Crippen LogP contribution >= 0.6 is 0 Å². The molecule has 2 nitrogen and oxygen atoms in total. The average molecular weight is 209 g/mol. The first-order valence-corrected chi connectivity index (χ1v) is 5.41. The van der Waals surface area contributed by atoms with E-state index in [0.29, 0.717) is 11.1 Å². The standard InChI is InChI=1S/C12H16FNO/c1-8-6-9(13)7-10(12(8)15)11-4-2-3-5-14-11/h6-7,11,14-15H,2-5H2,1H3/t11-/m1/s1. The predicted octanol–water partition coefficient (Wildman–Crippen LogP) is 2.65. The van der Waals surface area contributed by atoms with Crippen LogP contribution in [0.2, 0.25) is 0 Å². The lowest BCUT2D eigenvalue weighted by atomic mass is 9.95. The topological polar surface area (TPSA) is 32.3 Å². The highest BCUT2D eigenvalue weighted by Crippen LogP contribution is 2.32. The Kier molecular flexibility index (Phi) is 2.91. The molecule has 0 radical (unpaired) electrons. The van der Waals surface area contributed by atoms with Crippen molar-refractivity contribution >= 4 is 0 Å². The van der Waals surface area contributed by atoms with E-state index in [1.54, 1.807) is 6.92 Å². The van der Waals surface area contributed by atoms with Crippen LogP contribution in [0.1, 0.15) is 36.4 Å². The van der Waals surface area contributed by atoms with Gasteiger partial charge in [-0.3, -0.25) is 0 Å². The summed E-state index contributed by atoms with van der Waals surface area (Å²) in [5, 5.41) is 13.2. The second-order valence-electron chi connectivity index (χ2n) is 4.16. The predicted molar refractivity (Wildman–Crippen MR) is 57.4 cm³/mol. The van der Waals surface area contributed by atoms with Crippen molar-refractivity contribution < 1.29 is 9.50 Å². The van der Waals surface area contributed by atoms with Gasteiger partial charge in [0.1, 0.15) is 11.6 Å². The van der Waals surface area contributed by atoms with Gasteiger partial charge in [-0.15, -0.1) is 0 Å². The Hall–Kier alpha value is -1.09. The molecule has 82 valence electrons. The quantitative estimate of drug-likeness (QED) is 0.745. The van der Waals surface area contributed by atoms with Crippen LogP contribution in [0.4, 0.5) is 4.39 Å². The zero-order chi connectivity index (χ0) is 10.8. The number of nitrogens with one attached hydrogen (secondary N) is 1. The number of phenols is 1. The molecule has 0 unspecified atom stereocenters. The maximum atomic E-state index is 13.2. The van der Waals surface area contributed by atoms with Crippen molar-refractivity contribution in [2.75, 3.05) is 6.54 Å². The van der Waals surface area contributed by atoms with Gasteiger partial charge in [-0.1, -0.05) is 6.42 Å². The van der Waals surface area contributed by atoms with Gasteiger partial charge in [-0.05, 0) is 44.0 Å². The molecule has 0 aromatic heterocycles. The van der Waals surface area contributed by atoms with Gasteiger partial charge >= 0.3 is 0 Å². The number of hydrogen-bond donors (Lipinski definition) is 2. The fraction of sp³-hybridized carbons (Fsp3) is 0.500. The molecule has 1 aromatic rings. The van der Waals surface area contributed by atoms with Gasteiger partial charge in [0.05, 0.1) is 0 Å². The van der Waals surface area contributed by atoms with Gasteiger partial charge in [0.2, 0.25) is 0 Å². The number of rotatable bonds is 1. The monoisotopic (exact) mass is 209 g/mol. The highest BCUT2D eigenvalue weighted by Gasteiger charge is 2.19. The summed E-state index contributed by atoms with van der Waals surface area (Å²) in [6, 6.07) is 2.90. The maximum Gasteiger partial charge on any atom is 0.124 e. The number of phenolic OH excluding ortho intramolecular Hbond substituents is 1. The lowest BCUT2D eigenvalue weighted by Gasteiger charge is -2.25. The Morgan fingerprint density at radius 2 is 2.20 bits per heavy atom. The number of halogens is 1. The lowest BCUT2D eigenvalue weighted by molar-refractivity contribution is 0.387. The van der Waals surface area contributed by atoms with E-state index in [-0.39, 0.29) is 17.6 Å². The van der Waals surface area contributed by atoms with E-state index < -0.39 is 0 Å². The first-order valence-electron chi connectivity index (χ1n) is 5.41. The summed E-state index contributed by atoms with van der Waals surface area (Å²) in [5.41, 5.74) is 1.31. The molecule has 1 aliphatic rings. The van der Waals surface area contributed by atoms with Gasteiger partial charge in [0.25, 0.3) is 0 Å². The fourth-order valence-electron chi connectivity index (χ4n) is 2.14. The second-order valence-corrected chi connectivity index (χ2v) is 4.16. The van der Waals surface area contributed by atoms with Crippen molar-refractivity contribution in [2.45, 2.75) is 32.2 Å². The number of hydrogen-bond acceptors (Lipinski definition) is 2. The molecule has 1 atom stereocenters. The highest BCUT2D eigenvalue weighted by molar-refractivity contribution is 5.42. The normalized spacial score (nSPS) is 21.6. The summed E-state index contributed by atoms with van der Waals surface area (Å²) in [6.07, 6.45) is 3.26. The van der Waals surface area contributed by atoms with Crippen molar-refractivity contribution in [3.8, 4) is 5.75 Å². The molecule has 15 heavy (non-hydrogen) atoms. The van der Waals surface area contributed by atoms with Crippen LogP contribution in [-0.2, 0) is 0 Å². The largest absolute Gasteiger partial charge is 0.507 e. The first-order chi connectivity index (χ1) is 7.18. The Balaban J connectivity index is 2.33. The van der Waals surface area contributed by atoms with Gasteiger partial charge in [0, 0.05) is 11.6 Å². The molecule has 1 fully saturated rings. The van der Waals surface area contributed by atoms with E-state index >= 15 is 0 Å². The summed E-state index contributed by atoms with van der Waals surface area (Å²) in [5.74, 6) is -0.0385. The fourth-order valence-corrected chi connectivity index (χ4v) is 2.14. The van der Waals surface area contributed by atoms with E-state index in [1.807, 2.05) is 0 Å². The zero-order valence-corrected chi connectivity index (χ0v) is 8.89. The molecule has 2 rings (SSSR count). The van der Waals surface area contributed by atoms with Gasteiger partial charge < -0.3 is 10.4 Å². The Morgan fingerprint density at radius 1 is 1.40 bits per heavy atom. The molecule has 1 saturated heterocycles. The lowest BCUT2D eigenvalue weighted by Crippen LogP contribution is -2.27. The molecule has 3 heteroatoms. The van der Waals surface area contributed by atoms with Crippen LogP contribution in [0.15, 0.2) is 12.1 Å². The molecular weight excluding hydrogens is 193 g/mol. The van der Waals surface area contributed by atoms with Crippen molar-refractivity contribution in [3.05, 3.63) is 29.1 Å². The first kappa shape index (κ1) is 10.4. The van der Waals surface area contributed by atoms with Crippen molar-refractivity contribution in [1.29, 1.82) is 0 Å². The molecule has 1 aliphatic heterocycles. The van der Waals surface area contributed by atoms with Gasteiger partial charge in [-0.25, -0.2) is 4.39 Å². The number of benzene rings is 1. The van der Waals surface area contributed by atoms with Gasteiger partial charge in [0.15, 0.2) is 0 Å². The van der Waals surface area contributed by atoms with Crippen LogP contribution in [0.5, 0.6) is 5.75 Å². The molecule has 0 saturated carbocycles. The highest BCUT2D eigenvalue weighted by atomic mass is 19.1. The number of aryl methyl sites for hydroxylation is 1. The summed E-state index contributed by atoms with van der Waals surface area (Å²) >= 11 is 0. The van der Waals surface area contributed by atoms with Crippen LogP contribution < -0.4 is 5.32 Å². The summed E-state index contributed by atoms with van der Waals surface area (Å²) in [7, 11) is 0. The third kappa shape index (κ3) is 2.12. The zero-order valence-electron chi connectivity index (χ0n) is 8.89. The summed E-state index contributed by atoms with van der Waals surface area (Å²) in [6.45, 7) is 2.67. The van der Waals surface area contributed by atoms with E-state index in [4.69, 9.17) is 0 Å². The van der Waals surface area contributed by atoms with Crippen molar-refractivity contribution in [2.24, 2.45) is 0 Å². The van der Waals surface area contributed by atoms with Crippen molar-refractivity contribution in [1.82, 2.24) is 5.32 Å². The number of piperidine rings is 1. The Bertz CT molecular complexity index is 359. The van der Waals surface area contributed by atoms with Crippen LogP contribution in [-0.4, -0.2) is 11.7 Å². The van der Waals surface area contributed by atoms with E-state index in [2.05, 4.69) is 5.32 Å². The molecule has 1 heterocycles. The molecule has 0 bridgehead atoms. The van der Waals surface area contributed by atoms with E-state index in [0.717, 1.165) is 25.8 Å². The minimum Gasteiger partial charge on any atom is -0.507 e.